The van der Waals surface area contributed by atoms with Gasteiger partial charge in [0, 0.05) is 43.3 Å². The predicted molar refractivity (Wildman–Crippen MR) is 113 cm³/mol. The van der Waals surface area contributed by atoms with Gasteiger partial charge in [0.15, 0.2) is 9.84 Å². The summed E-state index contributed by atoms with van der Waals surface area (Å²) in [6, 6.07) is 16.5. The van der Waals surface area contributed by atoms with Crippen molar-refractivity contribution in [2.45, 2.75) is 17.2 Å². The first kappa shape index (κ1) is 19.7. The molecule has 3 aromatic rings. The minimum atomic E-state index is -3.54. The lowest BCUT2D eigenvalue weighted by molar-refractivity contribution is -0.133. The number of amides is 1. The summed E-state index contributed by atoms with van der Waals surface area (Å²) in [4.78, 5) is 17.1. The van der Waals surface area contributed by atoms with Crippen molar-refractivity contribution in [1.29, 1.82) is 0 Å². The van der Waals surface area contributed by atoms with Gasteiger partial charge in [0.05, 0.1) is 10.6 Å². The Hall–Kier alpha value is -2.64. The van der Waals surface area contributed by atoms with Crippen LogP contribution in [0.3, 0.4) is 0 Å². The number of nitrogens with zero attached hydrogens (tertiary/aromatic N) is 3. The van der Waals surface area contributed by atoms with E-state index in [9.17, 15) is 13.2 Å². The third kappa shape index (κ3) is 4.21. The highest BCUT2D eigenvalue weighted by molar-refractivity contribution is 7.90. The van der Waals surface area contributed by atoms with Gasteiger partial charge in [0.1, 0.15) is 6.54 Å². The van der Waals surface area contributed by atoms with E-state index >= 15 is 0 Å². The molecule has 29 heavy (non-hydrogen) atoms. The van der Waals surface area contributed by atoms with E-state index in [0.29, 0.717) is 18.5 Å². The van der Waals surface area contributed by atoms with Gasteiger partial charge < -0.3 is 14.4 Å². The van der Waals surface area contributed by atoms with Crippen molar-refractivity contribution in [1.82, 2.24) is 14.4 Å². The van der Waals surface area contributed by atoms with Crippen LogP contribution in [0.1, 0.15) is 5.56 Å². The molecule has 0 spiro atoms. The smallest absolute Gasteiger partial charge is 0.242 e. The summed E-state index contributed by atoms with van der Waals surface area (Å²) >= 11 is 0. The zero-order valence-electron chi connectivity index (χ0n) is 16.5. The number of hydrogen-bond donors (Lipinski definition) is 0. The fourth-order valence-corrected chi connectivity index (χ4v) is 5.35. The van der Waals surface area contributed by atoms with Gasteiger partial charge in [-0.1, -0.05) is 48.5 Å². The molecule has 7 heteroatoms. The molecule has 1 saturated heterocycles. The lowest BCUT2D eigenvalue weighted by atomic mass is 10.2. The molecule has 0 radical (unpaired) electrons. The Bertz CT molecular complexity index is 1110. The molecular formula is C22H25N3O3S. The molecular weight excluding hydrogens is 386 g/mol. The standard InChI is InChI=1S/C22H25N3O3S/c1-23-11-13-24(14-12-23)22(26)16-25-15-21(19-9-5-6-10-20(19)25)29(27,28)17-18-7-3-2-4-8-18/h2-10,15H,11-14,16-17H2,1H3. The van der Waals surface area contributed by atoms with E-state index in [2.05, 4.69) is 4.90 Å². The maximum Gasteiger partial charge on any atom is 0.242 e. The van der Waals surface area contributed by atoms with Crippen LogP contribution in [0.25, 0.3) is 10.9 Å². The molecule has 0 unspecified atom stereocenters. The molecule has 6 nitrogen and oxygen atoms in total. The average Bonchev–Trinajstić information content (AvgIpc) is 3.08. The maximum atomic E-state index is 13.1. The number of sulfone groups is 1. The van der Waals surface area contributed by atoms with E-state index in [1.807, 2.05) is 66.5 Å². The van der Waals surface area contributed by atoms with Gasteiger partial charge in [0.25, 0.3) is 0 Å². The first-order valence-corrected chi connectivity index (χ1v) is 11.4. The van der Waals surface area contributed by atoms with Crippen LogP contribution in [-0.2, 0) is 26.9 Å². The van der Waals surface area contributed by atoms with E-state index in [-0.39, 0.29) is 23.1 Å². The zero-order valence-corrected chi connectivity index (χ0v) is 17.3. The van der Waals surface area contributed by atoms with E-state index in [0.717, 1.165) is 24.2 Å². The van der Waals surface area contributed by atoms with E-state index < -0.39 is 9.84 Å². The molecule has 1 amide bonds. The van der Waals surface area contributed by atoms with Gasteiger partial charge in [-0.3, -0.25) is 4.79 Å². The van der Waals surface area contributed by atoms with Gasteiger partial charge in [0.2, 0.25) is 5.91 Å². The summed E-state index contributed by atoms with van der Waals surface area (Å²) in [5.74, 6) is -0.0419. The largest absolute Gasteiger partial charge is 0.339 e. The van der Waals surface area contributed by atoms with Crippen molar-refractivity contribution in [2.24, 2.45) is 0 Å². The maximum absolute atomic E-state index is 13.1. The Morgan fingerprint density at radius 1 is 0.931 bits per heavy atom. The summed E-state index contributed by atoms with van der Waals surface area (Å²) in [6.07, 6.45) is 1.62. The van der Waals surface area contributed by atoms with Crippen LogP contribution in [0.4, 0.5) is 0 Å². The monoisotopic (exact) mass is 411 g/mol. The number of aromatic nitrogens is 1. The number of carbonyl (C=O) groups is 1. The normalized spacial score (nSPS) is 15.7. The zero-order chi connectivity index (χ0) is 20.4. The number of carbonyl (C=O) groups excluding carboxylic acids is 1. The van der Waals surface area contributed by atoms with E-state index in [1.54, 1.807) is 10.8 Å². The molecule has 1 aliphatic heterocycles. The quantitative estimate of drug-likeness (QED) is 0.647. The van der Waals surface area contributed by atoms with Crippen LogP contribution in [0, 0.1) is 0 Å². The molecule has 2 heterocycles. The van der Waals surface area contributed by atoms with Gasteiger partial charge in [-0.25, -0.2) is 8.42 Å². The number of hydrogen-bond acceptors (Lipinski definition) is 4. The van der Waals surface area contributed by atoms with Crippen molar-refractivity contribution >= 4 is 26.6 Å². The summed E-state index contributed by atoms with van der Waals surface area (Å²) in [5.41, 5.74) is 1.51. The number of fused-ring (bicyclic) bond motifs is 1. The third-order valence-electron chi connectivity index (χ3n) is 5.45. The van der Waals surface area contributed by atoms with Crippen molar-refractivity contribution in [3.63, 3.8) is 0 Å². The second kappa shape index (κ2) is 8.00. The Labute approximate surface area is 171 Å². The molecule has 0 bridgehead atoms. The minimum absolute atomic E-state index is 0.0193. The van der Waals surface area contributed by atoms with Gasteiger partial charge >= 0.3 is 0 Å². The summed E-state index contributed by atoms with van der Waals surface area (Å²) < 4.78 is 28.0. The molecule has 4 rings (SSSR count). The Morgan fingerprint density at radius 2 is 1.59 bits per heavy atom. The second-order valence-electron chi connectivity index (χ2n) is 7.57. The molecule has 0 aliphatic carbocycles. The number of rotatable bonds is 5. The fraction of sp³-hybridized carbons (Fsp3) is 0.318. The second-order valence-corrected chi connectivity index (χ2v) is 9.53. The number of para-hydroxylation sites is 1. The molecule has 1 aliphatic rings. The van der Waals surface area contributed by atoms with Crippen LogP contribution in [0.15, 0.2) is 65.7 Å². The lowest BCUT2D eigenvalue weighted by Crippen LogP contribution is -2.48. The van der Waals surface area contributed by atoms with Crippen LogP contribution >= 0.6 is 0 Å². The summed E-state index contributed by atoms with van der Waals surface area (Å²) in [5, 5.41) is 0.662. The van der Waals surface area contributed by atoms with Gasteiger partial charge in [-0.05, 0) is 18.7 Å². The highest BCUT2D eigenvalue weighted by atomic mass is 32.2. The number of piperazine rings is 1. The molecule has 0 N–H and O–H groups in total. The molecule has 1 aromatic heterocycles. The van der Waals surface area contributed by atoms with Gasteiger partial charge in [-0.2, -0.15) is 0 Å². The van der Waals surface area contributed by atoms with E-state index in [4.69, 9.17) is 0 Å². The fourth-order valence-electron chi connectivity index (χ4n) is 3.76. The van der Waals surface area contributed by atoms with Crippen LogP contribution in [0.5, 0.6) is 0 Å². The molecule has 152 valence electrons. The van der Waals surface area contributed by atoms with Gasteiger partial charge in [-0.15, -0.1) is 0 Å². The minimum Gasteiger partial charge on any atom is -0.339 e. The molecule has 0 saturated carbocycles. The third-order valence-corrected chi connectivity index (χ3v) is 7.16. The SMILES string of the molecule is CN1CCN(C(=O)Cn2cc(S(=O)(=O)Cc3ccccc3)c3ccccc32)CC1. The highest BCUT2D eigenvalue weighted by Gasteiger charge is 2.24. The van der Waals surface area contributed by atoms with Crippen LogP contribution in [-0.4, -0.2) is 61.9 Å². The van der Waals surface area contributed by atoms with Crippen molar-refractivity contribution in [3.05, 3.63) is 66.4 Å². The number of benzene rings is 2. The first-order valence-electron chi connectivity index (χ1n) is 9.75. The molecule has 1 fully saturated rings. The Kier molecular flexibility index (Phi) is 5.43. The van der Waals surface area contributed by atoms with Crippen molar-refractivity contribution < 1.29 is 13.2 Å². The summed E-state index contributed by atoms with van der Waals surface area (Å²) in [6.45, 7) is 3.26. The van der Waals surface area contributed by atoms with Crippen molar-refractivity contribution in [2.75, 3.05) is 33.2 Å². The first-order chi connectivity index (χ1) is 13.9. The number of likely N-dealkylation sites (N-methyl/N-ethyl adjacent to an activating group) is 1. The Morgan fingerprint density at radius 3 is 2.31 bits per heavy atom. The van der Waals surface area contributed by atoms with E-state index in [1.165, 1.54) is 0 Å². The average molecular weight is 412 g/mol. The molecule has 2 aromatic carbocycles. The van der Waals surface area contributed by atoms with Crippen molar-refractivity contribution in [3.8, 4) is 0 Å². The Balaban J connectivity index is 1.64. The predicted octanol–water partition coefficient (Wildman–Crippen LogP) is 2.39. The van der Waals surface area contributed by atoms with Crippen LogP contribution < -0.4 is 0 Å². The molecule has 0 atom stereocenters. The highest BCUT2D eigenvalue weighted by Crippen LogP contribution is 2.28. The lowest BCUT2D eigenvalue weighted by Gasteiger charge is -2.32. The summed E-state index contributed by atoms with van der Waals surface area (Å²) in [7, 11) is -1.49. The van der Waals surface area contributed by atoms with Crippen LogP contribution in [0.2, 0.25) is 0 Å². The topological polar surface area (TPSA) is 62.6 Å².